The Hall–Kier alpha value is -3.93. The predicted octanol–water partition coefficient (Wildman–Crippen LogP) is 0.862. The van der Waals surface area contributed by atoms with Crippen LogP contribution in [0, 0.1) is 6.92 Å². The number of hydrogen-bond acceptors (Lipinski definition) is 7. The zero-order valence-electron chi connectivity index (χ0n) is 18.5. The van der Waals surface area contributed by atoms with Gasteiger partial charge in [-0.2, -0.15) is 5.10 Å². The first-order valence-corrected chi connectivity index (χ1v) is 11.9. The highest BCUT2D eigenvalue weighted by molar-refractivity contribution is 7.91. The van der Waals surface area contributed by atoms with Gasteiger partial charge in [0.15, 0.2) is 9.84 Å². The molecule has 182 valence electrons. The van der Waals surface area contributed by atoms with Crippen LogP contribution >= 0.6 is 0 Å². The first-order chi connectivity index (χ1) is 16.1. The number of nitrogens with one attached hydrogen (secondary N) is 3. The van der Waals surface area contributed by atoms with Gasteiger partial charge in [-0.3, -0.25) is 14.4 Å². The van der Waals surface area contributed by atoms with E-state index in [0.717, 1.165) is 5.56 Å². The van der Waals surface area contributed by atoms with Crippen molar-refractivity contribution in [1.29, 1.82) is 0 Å². The number of nitrogens with two attached hydrogens (primary N) is 1. The highest BCUT2D eigenvalue weighted by Gasteiger charge is 2.21. The summed E-state index contributed by atoms with van der Waals surface area (Å²) >= 11 is 0. The number of benzene rings is 2. The van der Waals surface area contributed by atoms with Gasteiger partial charge < -0.3 is 26.9 Å². The van der Waals surface area contributed by atoms with Crippen LogP contribution in [0.25, 0.3) is 0 Å². The highest BCUT2D eigenvalue weighted by Crippen LogP contribution is 2.15. The second kappa shape index (κ2) is 12.3. The van der Waals surface area contributed by atoms with E-state index in [4.69, 9.17) is 10.9 Å². The molecular weight excluding hydrogens is 462 g/mol. The van der Waals surface area contributed by atoms with E-state index in [2.05, 4.69) is 21.1 Å². The van der Waals surface area contributed by atoms with Gasteiger partial charge in [-0.05, 0) is 43.7 Å². The normalized spacial score (nSPS) is 12.1. The minimum atomic E-state index is -3.65. The molecule has 1 unspecified atom stereocenters. The minimum Gasteiger partial charge on any atom is -0.481 e. The smallest absolute Gasteiger partial charge is 0.305 e. The van der Waals surface area contributed by atoms with Gasteiger partial charge in [0.2, 0.25) is 5.91 Å². The van der Waals surface area contributed by atoms with Gasteiger partial charge in [-0.25, -0.2) is 8.42 Å². The van der Waals surface area contributed by atoms with Crippen molar-refractivity contribution in [3.8, 4) is 0 Å². The van der Waals surface area contributed by atoms with Crippen LogP contribution < -0.4 is 21.8 Å². The maximum atomic E-state index is 12.5. The Morgan fingerprint density at radius 3 is 2.50 bits per heavy atom. The molecule has 0 bridgehead atoms. The number of anilines is 1. The van der Waals surface area contributed by atoms with Crippen molar-refractivity contribution >= 4 is 39.6 Å². The summed E-state index contributed by atoms with van der Waals surface area (Å²) in [5.41, 5.74) is 1.74. The number of amides is 2. The van der Waals surface area contributed by atoms with E-state index in [-0.39, 0.29) is 22.6 Å². The Labute approximate surface area is 197 Å². The van der Waals surface area contributed by atoms with Crippen LogP contribution in [-0.2, 0) is 19.4 Å². The first-order valence-electron chi connectivity index (χ1n) is 10.3. The lowest BCUT2D eigenvalue weighted by molar-refractivity contribution is -0.137. The molecule has 0 aliphatic heterocycles. The molecule has 2 amide bonds. The average Bonchev–Trinajstić information content (AvgIpc) is 2.80. The second-order valence-electron chi connectivity index (χ2n) is 7.47. The second-order valence-corrected chi connectivity index (χ2v) is 9.58. The number of aryl methyl sites for hydroxylation is 1. The fourth-order valence-corrected chi connectivity index (χ4v) is 4.38. The molecule has 0 saturated heterocycles. The molecule has 11 nitrogen and oxygen atoms in total. The number of rotatable bonds is 12. The Bertz CT molecular complexity index is 1150. The number of hydrogen-bond donors (Lipinski definition) is 5. The Kier molecular flexibility index (Phi) is 9.56. The van der Waals surface area contributed by atoms with Gasteiger partial charge >= 0.3 is 5.97 Å². The van der Waals surface area contributed by atoms with Gasteiger partial charge in [0, 0.05) is 17.3 Å². The monoisotopic (exact) mass is 489 g/mol. The molecule has 2 rings (SSSR count). The highest BCUT2D eigenvalue weighted by atomic mass is 32.2. The zero-order chi connectivity index (χ0) is 25.1. The van der Waals surface area contributed by atoms with Crippen LogP contribution in [-0.4, -0.2) is 56.0 Å². The number of carboxylic acids is 1. The van der Waals surface area contributed by atoms with Crippen LogP contribution in [0.15, 0.2) is 58.5 Å². The third kappa shape index (κ3) is 8.54. The average molecular weight is 490 g/mol. The van der Waals surface area contributed by atoms with Gasteiger partial charge in [0.25, 0.3) is 5.91 Å². The molecule has 0 saturated carbocycles. The summed E-state index contributed by atoms with van der Waals surface area (Å²) in [5, 5.41) is 20.1. The number of aliphatic carboxylic acids is 1. The Morgan fingerprint density at radius 1 is 1.15 bits per heavy atom. The Balaban J connectivity index is 1.94. The fourth-order valence-electron chi connectivity index (χ4n) is 3.00. The Morgan fingerprint density at radius 2 is 1.85 bits per heavy atom. The van der Waals surface area contributed by atoms with E-state index >= 15 is 0 Å². The van der Waals surface area contributed by atoms with E-state index in [1.165, 1.54) is 24.5 Å². The van der Waals surface area contributed by atoms with Crippen molar-refractivity contribution in [2.45, 2.75) is 30.7 Å². The number of nitrogens with zero attached hydrogens (tertiary/aromatic N) is 1. The summed E-state index contributed by atoms with van der Waals surface area (Å²) in [6.45, 7) is 1.42. The molecule has 1 atom stereocenters. The van der Waals surface area contributed by atoms with Gasteiger partial charge in [0.05, 0.1) is 23.6 Å². The summed E-state index contributed by atoms with van der Waals surface area (Å²) in [6, 6.07) is 11.8. The van der Waals surface area contributed by atoms with Gasteiger partial charge in [0.1, 0.15) is 6.34 Å². The largest absolute Gasteiger partial charge is 0.481 e. The summed E-state index contributed by atoms with van der Waals surface area (Å²) in [6.07, 6.45) is 0.685. The molecule has 6 N–H and O–H groups in total. The molecule has 12 heteroatoms. The third-order valence-corrected chi connectivity index (χ3v) is 6.50. The number of carbonyl (C=O) groups excluding carboxylic acids is 2. The molecule has 0 radical (unpaired) electrons. The summed E-state index contributed by atoms with van der Waals surface area (Å²) in [7, 11) is -3.65. The molecular formula is C22H27N5O6S. The number of sulfone groups is 1. The quantitative estimate of drug-likeness (QED) is 0.126. The molecule has 2 aromatic carbocycles. The van der Waals surface area contributed by atoms with E-state index in [9.17, 15) is 22.8 Å². The number of carbonyl (C=O) groups is 3. The van der Waals surface area contributed by atoms with Crippen molar-refractivity contribution in [3.63, 3.8) is 0 Å². The summed E-state index contributed by atoms with van der Waals surface area (Å²) in [5.74, 6) is 2.32. The third-order valence-electron chi connectivity index (χ3n) is 4.74. The van der Waals surface area contributed by atoms with Crippen LogP contribution in [0.2, 0.25) is 0 Å². The molecule has 0 fully saturated rings. The van der Waals surface area contributed by atoms with Crippen LogP contribution in [0.4, 0.5) is 5.69 Å². The van der Waals surface area contributed by atoms with E-state index < -0.39 is 46.6 Å². The van der Waals surface area contributed by atoms with Crippen molar-refractivity contribution < 1.29 is 27.9 Å². The lowest BCUT2D eigenvalue weighted by atomic mass is 10.1. The van der Waals surface area contributed by atoms with E-state index in [1.54, 1.807) is 30.3 Å². The topological polar surface area (TPSA) is 180 Å². The standard InChI is InChI=1S/C22H27N5O6S/c1-15-5-7-19(8-6-15)34(32,33)10-9-18(12-21(29)30)27-20(28)13-24-22(31)16-3-2-4-17(11-16)25-14-26-23/h2-8,11,14,18H,9-10,12-13,23H2,1H3,(H,24,31)(H,25,26)(H,27,28)(H,29,30). The van der Waals surface area contributed by atoms with Crippen molar-refractivity contribution in [2.24, 2.45) is 10.9 Å². The van der Waals surface area contributed by atoms with Crippen molar-refractivity contribution in [3.05, 3.63) is 59.7 Å². The summed E-state index contributed by atoms with van der Waals surface area (Å²) < 4.78 is 25.1. The van der Waals surface area contributed by atoms with Crippen LogP contribution in [0.5, 0.6) is 0 Å². The predicted molar refractivity (Wildman–Crippen MR) is 127 cm³/mol. The van der Waals surface area contributed by atoms with E-state index in [1.807, 2.05) is 6.92 Å². The van der Waals surface area contributed by atoms with Crippen molar-refractivity contribution in [1.82, 2.24) is 10.6 Å². The minimum absolute atomic E-state index is 0.0986. The number of hydrazone groups is 1. The lowest BCUT2D eigenvalue weighted by Crippen LogP contribution is -2.43. The van der Waals surface area contributed by atoms with Crippen LogP contribution in [0.1, 0.15) is 28.8 Å². The first kappa shape index (κ1) is 26.3. The molecule has 34 heavy (non-hydrogen) atoms. The molecule has 0 heterocycles. The molecule has 2 aromatic rings. The molecule has 0 aliphatic carbocycles. The molecule has 0 spiro atoms. The molecule has 0 aromatic heterocycles. The maximum absolute atomic E-state index is 12.5. The van der Waals surface area contributed by atoms with Gasteiger partial charge in [-0.15, -0.1) is 0 Å². The SMILES string of the molecule is Cc1ccc(S(=O)(=O)CCC(CC(=O)O)NC(=O)CNC(=O)c2cccc(NC=NN)c2)cc1. The van der Waals surface area contributed by atoms with E-state index in [0.29, 0.717) is 5.69 Å². The fraction of sp³-hybridized carbons (Fsp3) is 0.273. The van der Waals surface area contributed by atoms with Crippen molar-refractivity contribution in [2.75, 3.05) is 17.6 Å². The lowest BCUT2D eigenvalue weighted by Gasteiger charge is -2.17. The van der Waals surface area contributed by atoms with Gasteiger partial charge in [-0.1, -0.05) is 23.8 Å². The van der Waals surface area contributed by atoms with Crippen LogP contribution in [0.3, 0.4) is 0 Å². The zero-order valence-corrected chi connectivity index (χ0v) is 19.3. The maximum Gasteiger partial charge on any atom is 0.305 e. The summed E-state index contributed by atoms with van der Waals surface area (Å²) in [4.78, 5) is 35.9. The molecule has 0 aliphatic rings. The number of carboxylic acid groups (broad SMARTS) is 1.